The molecular weight excluding hydrogens is 272 g/mol. The van der Waals surface area contributed by atoms with Crippen LogP contribution in [0.25, 0.3) is 10.9 Å². The van der Waals surface area contributed by atoms with Crippen LogP contribution in [0, 0.1) is 0 Å². The first kappa shape index (κ1) is 12.7. The standard InChI is InChI=1S/C15H14N2O2S/c1-17-11-14(13-9-5-6-10-15(13)17)16-20(18,19)12-7-3-2-4-8-12/h2-11,16H,1H3. The van der Waals surface area contributed by atoms with E-state index in [0.717, 1.165) is 10.9 Å². The van der Waals surface area contributed by atoms with Gasteiger partial charge in [0.15, 0.2) is 0 Å². The third kappa shape index (κ3) is 2.16. The summed E-state index contributed by atoms with van der Waals surface area (Å²) in [6.07, 6.45) is 1.78. The maximum atomic E-state index is 12.3. The minimum atomic E-state index is -3.55. The largest absolute Gasteiger partial charge is 0.348 e. The molecule has 0 unspecified atom stereocenters. The molecular formula is C15H14N2O2S. The summed E-state index contributed by atoms with van der Waals surface area (Å²) < 4.78 is 29.2. The van der Waals surface area contributed by atoms with Gasteiger partial charge in [0, 0.05) is 24.1 Å². The van der Waals surface area contributed by atoms with Gasteiger partial charge in [0.05, 0.1) is 10.6 Å². The third-order valence-corrected chi connectivity index (χ3v) is 4.58. The molecule has 4 nitrogen and oxygen atoms in total. The lowest BCUT2D eigenvalue weighted by Crippen LogP contribution is -2.12. The van der Waals surface area contributed by atoms with Gasteiger partial charge in [-0.25, -0.2) is 8.42 Å². The Morgan fingerprint density at radius 1 is 0.950 bits per heavy atom. The van der Waals surface area contributed by atoms with Gasteiger partial charge in [0.1, 0.15) is 0 Å². The molecule has 3 rings (SSSR count). The Balaban J connectivity index is 2.06. The van der Waals surface area contributed by atoms with Crippen LogP contribution in [-0.2, 0) is 17.1 Å². The van der Waals surface area contributed by atoms with E-state index in [9.17, 15) is 8.42 Å². The van der Waals surface area contributed by atoms with Crippen molar-refractivity contribution >= 4 is 26.6 Å². The smallest absolute Gasteiger partial charge is 0.261 e. The highest BCUT2D eigenvalue weighted by atomic mass is 32.2. The van der Waals surface area contributed by atoms with Gasteiger partial charge in [-0.1, -0.05) is 36.4 Å². The van der Waals surface area contributed by atoms with Crippen molar-refractivity contribution in [2.24, 2.45) is 7.05 Å². The van der Waals surface area contributed by atoms with Gasteiger partial charge >= 0.3 is 0 Å². The normalized spacial score (nSPS) is 11.7. The second-order valence-corrected chi connectivity index (χ2v) is 6.27. The zero-order valence-corrected chi connectivity index (χ0v) is 11.8. The van der Waals surface area contributed by atoms with E-state index < -0.39 is 10.0 Å². The van der Waals surface area contributed by atoms with Crippen LogP contribution < -0.4 is 4.72 Å². The van der Waals surface area contributed by atoms with Crippen LogP contribution in [-0.4, -0.2) is 13.0 Å². The predicted molar refractivity (Wildman–Crippen MR) is 80.2 cm³/mol. The van der Waals surface area contributed by atoms with Crippen LogP contribution >= 0.6 is 0 Å². The zero-order chi connectivity index (χ0) is 14.2. The SMILES string of the molecule is Cn1cc(NS(=O)(=O)c2ccccc2)c2ccccc21. The molecule has 0 spiro atoms. The summed E-state index contributed by atoms with van der Waals surface area (Å²) in [6.45, 7) is 0. The molecule has 0 fully saturated rings. The van der Waals surface area contributed by atoms with E-state index in [4.69, 9.17) is 0 Å². The van der Waals surface area contributed by atoms with E-state index in [1.165, 1.54) is 0 Å². The number of anilines is 1. The maximum absolute atomic E-state index is 12.3. The Morgan fingerprint density at radius 3 is 2.35 bits per heavy atom. The molecule has 1 heterocycles. The highest BCUT2D eigenvalue weighted by Gasteiger charge is 2.16. The van der Waals surface area contributed by atoms with Crippen molar-refractivity contribution in [1.29, 1.82) is 0 Å². The van der Waals surface area contributed by atoms with Crippen LogP contribution in [0.3, 0.4) is 0 Å². The first-order valence-corrected chi connectivity index (χ1v) is 7.68. The van der Waals surface area contributed by atoms with Gasteiger partial charge in [-0.3, -0.25) is 4.72 Å². The van der Waals surface area contributed by atoms with Crippen molar-refractivity contribution in [3.63, 3.8) is 0 Å². The Labute approximate surface area is 117 Å². The monoisotopic (exact) mass is 286 g/mol. The highest BCUT2D eigenvalue weighted by molar-refractivity contribution is 7.92. The van der Waals surface area contributed by atoms with Crippen LogP contribution in [0.5, 0.6) is 0 Å². The summed E-state index contributed by atoms with van der Waals surface area (Å²) in [6, 6.07) is 16.0. The minimum absolute atomic E-state index is 0.257. The molecule has 0 atom stereocenters. The van der Waals surface area contributed by atoms with Gasteiger partial charge in [-0.05, 0) is 18.2 Å². The molecule has 0 aliphatic heterocycles. The Kier molecular flexibility index (Phi) is 2.99. The average Bonchev–Trinajstić information content (AvgIpc) is 2.76. The fourth-order valence-electron chi connectivity index (χ4n) is 2.23. The highest BCUT2D eigenvalue weighted by Crippen LogP contribution is 2.27. The number of nitrogens with zero attached hydrogens (tertiary/aromatic N) is 1. The predicted octanol–water partition coefficient (Wildman–Crippen LogP) is 2.98. The Morgan fingerprint density at radius 2 is 1.60 bits per heavy atom. The fraction of sp³-hybridized carbons (Fsp3) is 0.0667. The number of benzene rings is 2. The minimum Gasteiger partial charge on any atom is -0.348 e. The molecule has 2 aromatic carbocycles. The van der Waals surface area contributed by atoms with Crippen molar-refractivity contribution in [3.05, 3.63) is 60.8 Å². The fourth-order valence-corrected chi connectivity index (χ4v) is 3.31. The van der Waals surface area contributed by atoms with E-state index in [-0.39, 0.29) is 4.90 Å². The van der Waals surface area contributed by atoms with Gasteiger partial charge in [0.25, 0.3) is 10.0 Å². The molecule has 3 aromatic rings. The van der Waals surface area contributed by atoms with Crippen molar-refractivity contribution < 1.29 is 8.42 Å². The quantitative estimate of drug-likeness (QED) is 0.804. The zero-order valence-electron chi connectivity index (χ0n) is 10.9. The van der Waals surface area contributed by atoms with E-state index in [1.807, 2.05) is 35.9 Å². The lowest BCUT2D eigenvalue weighted by Gasteiger charge is -2.06. The first-order valence-electron chi connectivity index (χ1n) is 6.20. The molecule has 0 aliphatic carbocycles. The summed E-state index contributed by atoms with van der Waals surface area (Å²) in [5.74, 6) is 0. The van der Waals surface area contributed by atoms with Crippen LogP contribution in [0.4, 0.5) is 5.69 Å². The number of fused-ring (bicyclic) bond motifs is 1. The molecule has 0 saturated carbocycles. The van der Waals surface area contributed by atoms with Gasteiger partial charge in [0.2, 0.25) is 0 Å². The number of aryl methyl sites for hydroxylation is 1. The molecule has 5 heteroatoms. The first-order chi connectivity index (χ1) is 9.58. The summed E-state index contributed by atoms with van der Waals surface area (Å²) in [5.41, 5.74) is 1.57. The van der Waals surface area contributed by atoms with E-state index in [1.54, 1.807) is 36.5 Å². The second-order valence-electron chi connectivity index (χ2n) is 4.59. The Bertz CT molecular complexity index is 852. The topological polar surface area (TPSA) is 51.1 Å². The number of hydrogen-bond acceptors (Lipinski definition) is 2. The van der Waals surface area contributed by atoms with E-state index in [2.05, 4.69) is 4.72 Å². The number of aromatic nitrogens is 1. The molecule has 0 amide bonds. The average molecular weight is 286 g/mol. The molecule has 102 valence electrons. The molecule has 0 radical (unpaired) electrons. The van der Waals surface area contributed by atoms with E-state index >= 15 is 0 Å². The van der Waals surface area contributed by atoms with Crippen molar-refractivity contribution in [3.8, 4) is 0 Å². The molecule has 0 aliphatic rings. The summed E-state index contributed by atoms with van der Waals surface area (Å²) in [5, 5.41) is 0.884. The lowest BCUT2D eigenvalue weighted by molar-refractivity contribution is 0.601. The van der Waals surface area contributed by atoms with Crippen LogP contribution in [0.15, 0.2) is 65.7 Å². The van der Waals surface area contributed by atoms with Gasteiger partial charge in [-0.2, -0.15) is 0 Å². The molecule has 1 N–H and O–H groups in total. The van der Waals surface area contributed by atoms with Crippen LogP contribution in [0.2, 0.25) is 0 Å². The Hall–Kier alpha value is -2.27. The molecule has 20 heavy (non-hydrogen) atoms. The number of para-hydroxylation sites is 1. The second kappa shape index (κ2) is 4.68. The third-order valence-electron chi connectivity index (χ3n) is 3.19. The van der Waals surface area contributed by atoms with Crippen LogP contribution in [0.1, 0.15) is 0 Å². The van der Waals surface area contributed by atoms with Gasteiger partial charge < -0.3 is 4.57 Å². The number of hydrogen-bond donors (Lipinski definition) is 1. The lowest BCUT2D eigenvalue weighted by atomic mass is 10.2. The summed E-state index contributed by atoms with van der Waals surface area (Å²) in [7, 11) is -1.66. The van der Waals surface area contributed by atoms with Crippen molar-refractivity contribution in [2.45, 2.75) is 4.90 Å². The van der Waals surface area contributed by atoms with E-state index in [0.29, 0.717) is 5.69 Å². The maximum Gasteiger partial charge on any atom is 0.261 e. The molecule has 0 saturated heterocycles. The molecule has 0 bridgehead atoms. The van der Waals surface area contributed by atoms with Gasteiger partial charge in [-0.15, -0.1) is 0 Å². The molecule has 1 aromatic heterocycles. The number of nitrogens with one attached hydrogen (secondary N) is 1. The number of sulfonamides is 1. The van der Waals surface area contributed by atoms with Crippen molar-refractivity contribution in [2.75, 3.05) is 4.72 Å². The summed E-state index contributed by atoms with van der Waals surface area (Å²) in [4.78, 5) is 0.257. The summed E-state index contributed by atoms with van der Waals surface area (Å²) >= 11 is 0. The van der Waals surface area contributed by atoms with Crippen molar-refractivity contribution in [1.82, 2.24) is 4.57 Å². The number of rotatable bonds is 3.